The van der Waals surface area contributed by atoms with Gasteiger partial charge in [-0.1, -0.05) is 0 Å². The van der Waals surface area contributed by atoms with Crippen molar-refractivity contribution in [3.05, 3.63) is 29.8 Å². The molecule has 0 saturated carbocycles. The average Bonchev–Trinajstić information content (AvgIpc) is 2.37. The summed E-state index contributed by atoms with van der Waals surface area (Å²) in [6.07, 6.45) is -0.226. The van der Waals surface area contributed by atoms with Gasteiger partial charge in [-0.3, -0.25) is 0 Å². The molecule has 0 atom stereocenters. The lowest BCUT2D eigenvalue weighted by atomic mass is 10.1. The molecule has 0 spiro atoms. The summed E-state index contributed by atoms with van der Waals surface area (Å²) in [7, 11) is -4.02. The van der Waals surface area contributed by atoms with E-state index in [4.69, 9.17) is 5.11 Å². The fraction of sp³-hybridized carbons (Fsp3) is 0.417. The van der Waals surface area contributed by atoms with E-state index in [0.29, 0.717) is 0 Å². The van der Waals surface area contributed by atoms with Crippen LogP contribution in [0.4, 0.5) is 8.78 Å². The number of rotatable bonds is 3. The highest BCUT2D eigenvalue weighted by Crippen LogP contribution is 2.30. The summed E-state index contributed by atoms with van der Waals surface area (Å²) in [5, 5.41) is 8.74. The van der Waals surface area contributed by atoms with E-state index in [2.05, 4.69) is 0 Å². The molecule has 1 fully saturated rings. The Hall–Kier alpha value is -1.54. The number of hydrogen-bond acceptors (Lipinski definition) is 3. The van der Waals surface area contributed by atoms with Gasteiger partial charge in [0.05, 0.1) is 17.0 Å². The molecule has 20 heavy (non-hydrogen) atoms. The van der Waals surface area contributed by atoms with E-state index >= 15 is 0 Å². The van der Waals surface area contributed by atoms with Crippen LogP contribution in [0, 0.1) is 0 Å². The second-order valence-electron chi connectivity index (χ2n) is 4.63. The smallest absolute Gasteiger partial charge is 0.335 e. The Bertz CT molecular complexity index is 613. The first-order valence-corrected chi connectivity index (χ1v) is 7.38. The molecule has 0 unspecified atom stereocenters. The van der Waals surface area contributed by atoms with E-state index in [9.17, 15) is 22.0 Å². The zero-order valence-electron chi connectivity index (χ0n) is 10.4. The molecule has 0 radical (unpaired) electrons. The van der Waals surface area contributed by atoms with Crippen LogP contribution in [0.5, 0.6) is 0 Å². The van der Waals surface area contributed by atoms with Crippen LogP contribution in [0.3, 0.4) is 0 Å². The molecule has 0 aromatic heterocycles. The number of benzene rings is 1. The van der Waals surface area contributed by atoms with Gasteiger partial charge in [0.15, 0.2) is 0 Å². The van der Waals surface area contributed by atoms with Crippen molar-refractivity contribution in [3.8, 4) is 0 Å². The minimum absolute atomic E-state index is 0.0403. The summed E-state index contributed by atoms with van der Waals surface area (Å²) in [4.78, 5) is 10.5. The van der Waals surface area contributed by atoms with Crippen molar-refractivity contribution in [2.75, 3.05) is 13.1 Å². The fourth-order valence-corrected chi connectivity index (χ4v) is 3.56. The number of piperidine rings is 1. The van der Waals surface area contributed by atoms with Crippen molar-refractivity contribution in [2.45, 2.75) is 23.7 Å². The van der Waals surface area contributed by atoms with Crippen LogP contribution in [0.1, 0.15) is 23.2 Å². The standard InChI is InChI=1S/C12H13F2NO4S/c13-12(14)6-1-7-15(8-12)20(18,19)10-4-2-9(3-5-10)11(16)17/h2-5H,1,6-8H2,(H,16,17). The third-order valence-electron chi connectivity index (χ3n) is 3.10. The SMILES string of the molecule is O=C(O)c1ccc(S(=O)(=O)N2CCCC(F)(F)C2)cc1. The van der Waals surface area contributed by atoms with Gasteiger partial charge in [0, 0.05) is 13.0 Å². The van der Waals surface area contributed by atoms with Gasteiger partial charge in [0.25, 0.3) is 5.92 Å². The lowest BCUT2D eigenvalue weighted by Crippen LogP contribution is -2.45. The Labute approximate surface area is 114 Å². The van der Waals surface area contributed by atoms with Crippen LogP contribution < -0.4 is 0 Å². The largest absolute Gasteiger partial charge is 0.478 e. The maximum atomic E-state index is 13.3. The molecule has 8 heteroatoms. The summed E-state index contributed by atoms with van der Waals surface area (Å²) in [5.41, 5.74) is -0.0621. The molecule has 0 amide bonds. The zero-order valence-corrected chi connectivity index (χ0v) is 11.2. The maximum Gasteiger partial charge on any atom is 0.335 e. The number of aromatic carboxylic acids is 1. The Kier molecular flexibility index (Phi) is 3.79. The highest BCUT2D eigenvalue weighted by atomic mass is 32.2. The van der Waals surface area contributed by atoms with E-state index in [1.165, 1.54) is 0 Å². The number of carbonyl (C=O) groups is 1. The molecule has 1 N–H and O–H groups in total. The van der Waals surface area contributed by atoms with E-state index in [-0.39, 0.29) is 29.8 Å². The lowest BCUT2D eigenvalue weighted by Gasteiger charge is -2.31. The third-order valence-corrected chi connectivity index (χ3v) is 4.96. The molecule has 1 aromatic rings. The highest BCUT2D eigenvalue weighted by Gasteiger charge is 2.40. The Morgan fingerprint density at radius 3 is 2.35 bits per heavy atom. The van der Waals surface area contributed by atoms with Gasteiger partial charge in [0.2, 0.25) is 10.0 Å². The normalized spacial score (nSPS) is 19.7. The first-order chi connectivity index (χ1) is 9.22. The third kappa shape index (κ3) is 2.96. The van der Waals surface area contributed by atoms with Crippen molar-refractivity contribution < 1.29 is 27.1 Å². The quantitative estimate of drug-likeness (QED) is 0.924. The van der Waals surface area contributed by atoms with Crippen LogP contribution >= 0.6 is 0 Å². The van der Waals surface area contributed by atoms with E-state index in [1.807, 2.05) is 0 Å². The van der Waals surface area contributed by atoms with Gasteiger partial charge < -0.3 is 5.11 Å². The monoisotopic (exact) mass is 305 g/mol. The second kappa shape index (κ2) is 5.10. The van der Waals surface area contributed by atoms with Gasteiger partial charge >= 0.3 is 5.97 Å². The summed E-state index contributed by atoms with van der Waals surface area (Å²) in [5.74, 6) is -4.20. The Balaban J connectivity index is 2.28. The number of sulfonamides is 1. The van der Waals surface area contributed by atoms with Gasteiger partial charge in [-0.2, -0.15) is 4.31 Å². The molecule has 2 rings (SSSR count). The number of carboxylic acid groups (broad SMARTS) is 1. The molecule has 1 aliphatic heterocycles. The molecule has 0 aliphatic carbocycles. The van der Waals surface area contributed by atoms with Crippen LogP contribution in [0.2, 0.25) is 0 Å². The number of carboxylic acids is 1. The predicted molar refractivity (Wildman–Crippen MR) is 66.3 cm³/mol. The Morgan fingerprint density at radius 1 is 1.25 bits per heavy atom. The first kappa shape index (κ1) is 14.9. The van der Waals surface area contributed by atoms with E-state index in [1.54, 1.807) is 0 Å². The minimum atomic E-state index is -4.02. The maximum absolute atomic E-state index is 13.3. The molecule has 5 nitrogen and oxygen atoms in total. The highest BCUT2D eigenvalue weighted by molar-refractivity contribution is 7.89. The number of alkyl halides is 2. The first-order valence-electron chi connectivity index (χ1n) is 5.94. The molecule has 1 heterocycles. The van der Waals surface area contributed by atoms with Crippen LogP contribution in [0.15, 0.2) is 29.2 Å². The van der Waals surface area contributed by atoms with E-state index in [0.717, 1.165) is 28.6 Å². The molecule has 1 aromatic carbocycles. The number of hydrogen-bond donors (Lipinski definition) is 1. The fourth-order valence-electron chi connectivity index (χ4n) is 2.05. The molecule has 0 bridgehead atoms. The topological polar surface area (TPSA) is 74.7 Å². The predicted octanol–water partition coefficient (Wildman–Crippen LogP) is 1.80. The summed E-state index contributed by atoms with van der Waals surface area (Å²) >= 11 is 0. The number of halogens is 2. The van der Waals surface area contributed by atoms with Crippen molar-refractivity contribution in [2.24, 2.45) is 0 Å². The van der Waals surface area contributed by atoms with Gasteiger partial charge in [-0.15, -0.1) is 0 Å². The summed E-state index contributed by atoms with van der Waals surface area (Å²) in [6.45, 7) is -0.797. The minimum Gasteiger partial charge on any atom is -0.478 e. The summed E-state index contributed by atoms with van der Waals surface area (Å²) in [6, 6.07) is 4.51. The summed E-state index contributed by atoms with van der Waals surface area (Å²) < 4.78 is 51.7. The van der Waals surface area contributed by atoms with Crippen molar-refractivity contribution >= 4 is 16.0 Å². The van der Waals surface area contributed by atoms with Crippen molar-refractivity contribution in [1.82, 2.24) is 4.31 Å². The molecule has 1 aliphatic rings. The second-order valence-corrected chi connectivity index (χ2v) is 6.57. The van der Waals surface area contributed by atoms with Crippen molar-refractivity contribution in [1.29, 1.82) is 0 Å². The van der Waals surface area contributed by atoms with Crippen LogP contribution in [-0.4, -0.2) is 42.8 Å². The van der Waals surface area contributed by atoms with Gasteiger partial charge in [-0.25, -0.2) is 22.0 Å². The zero-order chi connectivity index (χ0) is 15.0. The average molecular weight is 305 g/mol. The van der Waals surface area contributed by atoms with Crippen LogP contribution in [-0.2, 0) is 10.0 Å². The van der Waals surface area contributed by atoms with E-state index < -0.39 is 28.5 Å². The van der Waals surface area contributed by atoms with Crippen molar-refractivity contribution in [3.63, 3.8) is 0 Å². The molecular weight excluding hydrogens is 292 g/mol. The van der Waals surface area contributed by atoms with Crippen LogP contribution in [0.25, 0.3) is 0 Å². The number of nitrogens with zero attached hydrogens (tertiary/aromatic N) is 1. The molecule has 110 valence electrons. The Morgan fingerprint density at radius 2 is 1.85 bits per heavy atom. The van der Waals surface area contributed by atoms with Gasteiger partial charge in [-0.05, 0) is 30.7 Å². The molecule has 1 saturated heterocycles. The lowest BCUT2D eigenvalue weighted by molar-refractivity contribution is -0.0434. The molecular formula is C12H13F2NO4S. The van der Waals surface area contributed by atoms with Gasteiger partial charge in [0.1, 0.15) is 0 Å².